The molecular weight excluding hydrogens is 258 g/mol. The topological polar surface area (TPSA) is 21.3 Å². The molecule has 0 unspecified atom stereocenters. The zero-order valence-corrected chi connectivity index (χ0v) is 13.1. The Hall–Kier alpha value is -1.80. The van der Waals surface area contributed by atoms with E-state index in [-0.39, 0.29) is 0 Å². The molecule has 0 radical (unpaired) electrons. The number of rotatable bonds is 8. The molecule has 2 aromatic carbocycles. The van der Waals surface area contributed by atoms with Gasteiger partial charge in [0.2, 0.25) is 0 Å². The Kier molecular flexibility index (Phi) is 6.29. The van der Waals surface area contributed by atoms with Gasteiger partial charge in [0.05, 0.1) is 0 Å². The lowest BCUT2D eigenvalue weighted by Crippen LogP contribution is -2.15. The van der Waals surface area contributed by atoms with E-state index in [1.807, 2.05) is 6.07 Å². The van der Waals surface area contributed by atoms with Crippen molar-refractivity contribution in [2.75, 3.05) is 6.54 Å². The van der Waals surface area contributed by atoms with Gasteiger partial charge in [0.25, 0.3) is 0 Å². The Morgan fingerprint density at radius 3 is 2.43 bits per heavy atom. The van der Waals surface area contributed by atoms with Crippen LogP contribution < -0.4 is 10.1 Å². The molecule has 0 aromatic heterocycles. The molecular formula is C19H25NO. The molecule has 2 nitrogen and oxygen atoms in total. The molecule has 0 heterocycles. The standard InChI is InChI=1S/C19H25NO/c1-3-4-13-20-14-17-10-7-8-12-19(17)21-15-18-11-6-5-9-16(18)2/h5-12,20H,3-4,13-15H2,1-2H3. The highest BCUT2D eigenvalue weighted by molar-refractivity contribution is 5.34. The van der Waals surface area contributed by atoms with Crippen LogP contribution in [0.2, 0.25) is 0 Å². The fourth-order valence-electron chi connectivity index (χ4n) is 2.24. The van der Waals surface area contributed by atoms with Gasteiger partial charge in [-0.1, -0.05) is 55.8 Å². The Morgan fingerprint density at radius 1 is 0.952 bits per heavy atom. The van der Waals surface area contributed by atoms with Crippen molar-refractivity contribution in [1.82, 2.24) is 5.32 Å². The number of hydrogen-bond donors (Lipinski definition) is 1. The van der Waals surface area contributed by atoms with Gasteiger partial charge in [-0.05, 0) is 37.1 Å². The van der Waals surface area contributed by atoms with E-state index in [2.05, 4.69) is 61.6 Å². The molecule has 0 atom stereocenters. The van der Waals surface area contributed by atoms with Crippen LogP contribution in [-0.2, 0) is 13.2 Å². The zero-order chi connectivity index (χ0) is 14.9. The predicted molar refractivity (Wildman–Crippen MR) is 88.6 cm³/mol. The van der Waals surface area contributed by atoms with E-state index in [0.29, 0.717) is 6.61 Å². The Labute approximate surface area is 128 Å². The van der Waals surface area contributed by atoms with Crippen LogP contribution in [0.5, 0.6) is 5.75 Å². The SMILES string of the molecule is CCCCNCc1ccccc1OCc1ccccc1C. The Bertz CT molecular complexity index is 551. The second kappa shape index (κ2) is 8.48. The van der Waals surface area contributed by atoms with E-state index >= 15 is 0 Å². The van der Waals surface area contributed by atoms with Crippen molar-refractivity contribution < 1.29 is 4.74 Å². The highest BCUT2D eigenvalue weighted by atomic mass is 16.5. The summed E-state index contributed by atoms with van der Waals surface area (Å²) in [6.07, 6.45) is 2.44. The highest BCUT2D eigenvalue weighted by Gasteiger charge is 2.04. The van der Waals surface area contributed by atoms with Crippen molar-refractivity contribution >= 4 is 0 Å². The van der Waals surface area contributed by atoms with Gasteiger partial charge < -0.3 is 10.1 Å². The molecule has 0 spiro atoms. The molecule has 0 saturated heterocycles. The fraction of sp³-hybridized carbons (Fsp3) is 0.368. The maximum absolute atomic E-state index is 6.02. The maximum atomic E-state index is 6.02. The molecule has 2 aromatic rings. The number of aryl methyl sites for hydroxylation is 1. The van der Waals surface area contributed by atoms with Crippen LogP contribution in [-0.4, -0.2) is 6.54 Å². The lowest BCUT2D eigenvalue weighted by molar-refractivity contribution is 0.301. The largest absolute Gasteiger partial charge is 0.489 e. The van der Waals surface area contributed by atoms with E-state index < -0.39 is 0 Å². The third-order valence-corrected chi connectivity index (χ3v) is 3.64. The summed E-state index contributed by atoms with van der Waals surface area (Å²) in [5, 5.41) is 3.47. The number of unbranched alkanes of at least 4 members (excludes halogenated alkanes) is 1. The minimum atomic E-state index is 0.624. The first-order valence-electron chi connectivity index (χ1n) is 7.77. The van der Waals surface area contributed by atoms with Gasteiger partial charge in [-0.25, -0.2) is 0 Å². The predicted octanol–water partition coefficient (Wildman–Crippen LogP) is 4.46. The van der Waals surface area contributed by atoms with E-state index in [1.165, 1.54) is 29.5 Å². The van der Waals surface area contributed by atoms with Gasteiger partial charge in [0.15, 0.2) is 0 Å². The van der Waals surface area contributed by atoms with Crippen LogP contribution in [0.1, 0.15) is 36.5 Å². The number of ether oxygens (including phenoxy) is 1. The molecule has 21 heavy (non-hydrogen) atoms. The average Bonchev–Trinajstić information content (AvgIpc) is 2.52. The van der Waals surface area contributed by atoms with Crippen molar-refractivity contribution in [2.24, 2.45) is 0 Å². The van der Waals surface area contributed by atoms with E-state index in [0.717, 1.165) is 18.8 Å². The summed E-state index contributed by atoms with van der Waals surface area (Å²) in [5.41, 5.74) is 3.74. The summed E-state index contributed by atoms with van der Waals surface area (Å²) in [7, 11) is 0. The quantitative estimate of drug-likeness (QED) is 0.722. The first kappa shape index (κ1) is 15.6. The fourth-order valence-corrected chi connectivity index (χ4v) is 2.24. The van der Waals surface area contributed by atoms with Gasteiger partial charge in [0, 0.05) is 12.1 Å². The molecule has 0 bridgehead atoms. The minimum Gasteiger partial charge on any atom is -0.489 e. The van der Waals surface area contributed by atoms with Crippen molar-refractivity contribution in [2.45, 2.75) is 39.8 Å². The molecule has 0 amide bonds. The summed E-state index contributed by atoms with van der Waals surface area (Å²) >= 11 is 0. The van der Waals surface area contributed by atoms with Crippen molar-refractivity contribution in [3.8, 4) is 5.75 Å². The molecule has 0 fully saturated rings. The van der Waals surface area contributed by atoms with Crippen LogP contribution in [0.15, 0.2) is 48.5 Å². The van der Waals surface area contributed by atoms with Crippen LogP contribution in [0.25, 0.3) is 0 Å². The van der Waals surface area contributed by atoms with E-state index in [4.69, 9.17) is 4.74 Å². The normalized spacial score (nSPS) is 10.6. The van der Waals surface area contributed by atoms with Gasteiger partial charge in [-0.15, -0.1) is 0 Å². The minimum absolute atomic E-state index is 0.624. The van der Waals surface area contributed by atoms with Gasteiger partial charge in [-0.3, -0.25) is 0 Å². The highest BCUT2D eigenvalue weighted by Crippen LogP contribution is 2.20. The number of hydrogen-bond acceptors (Lipinski definition) is 2. The summed E-state index contributed by atoms with van der Waals surface area (Å²) in [4.78, 5) is 0. The third-order valence-electron chi connectivity index (χ3n) is 3.64. The smallest absolute Gasteiger partial charge is 0.124 e. The zero-order valence-electron chi connectivity index (χ0n) is 13.1. The lowest BCUT2D eigenvalue weighted by atomic mass is 10.1. The summed E-state index contributed by atoms with van der Waals surface area (Å²) < 4.78 is 6.02. The van der Waals surface area contributed by atoms with Crippen molar-refractivity contribution in [3.63, 3.8) is 0 Å². The Balaban J connectivity index is 1.95. The number of benzene rings is 2. The summed E-state index contributed by atoms with van der Waals surface area (Å²) in [5.74, 6) is 0.977. The van der Waals surface area contributed by atoms with Crippen LogP contribution in [0, 0.1) is 6.92 Å². The molecule has 0 saturated carbocycles. The Morgan fingerprint density at radius 2 is 1.67 bits per heavy atom. The van der Waals surface area contributed by atoms with Crippen molar-refractivity contribution in [1.29, 1.82) is 0 Å². The molecule has 1 N–H and O–H groups in total. The molecule has 0 aliphatic carbocycles. The second-order valence-electron chi connectivity index (χ2n) is 5.35. The first-order valence-corrected chi connectivity index (χ1v) is 7.77. The van der Waals surface area contributed by atoms with Crippen LogP contribution >= 0.6 is 0 Å². The monoisotopic (exact) mass is 283 g/mol. The number of nitrogens with one attached hydrogen (secondary N) is 1. The molecule has 2 heteroatoms. The third kappa shape index (κ3) is 4.91. The second-order valence-corrected chi connectivity index (χ2v) is 5.35. The molecule has 112 valence electrons. The van der Waals surface area contributed by atoms with E-state index in [9.17, 15) is 0 Å². The first-order chi connectivity index (χ1) is 10.3. The molecule has 2 rings (SSSR count). The van der Waals surface area contributed by atoms with Gasteiger partial charge in [-0.2, -0.15) is 0 Å². The maximum Gasteiger partial charge on any atom is 0.124 e. The number of para-hydroxylation sites is 1. The average molecular weight is 283 g/mol. The molecule has 0 aliphatic rings. The van der Waals surface area contributed by atoms with Crippen LogP contribution in [0.3, 0.4) is 0 Å². The van der Waals surface area contributed by atoms with Gasteiger partial charge >= 0.3 is 0 Å². The molecule has 0 aliphatic heterocycles. The van der Waals surface area contributed by atoms with Crippen LogP contribution in [0.4, 0.5) is 0 Å². The van der Waals surface area contributed by atoms with E-state index in [1.54, 1.807) is 0 Å². The summed E-state index contributed by atoms with van der Waals surface area (Å²) in [6.45, 7) is 6.88. The van der Waals surface area contributed by atoms with Gasteiger partial charge in [0.1, 0.15) is 12.4 Å². The van der Waals surface area contributed by atoms with Crippen molar-refractivity contribution in [3.05, 3.63) is 65.2 Å². The lowest BCUT2D eigenvalue weighted by Gasteiger charge is -2.13. The summed E-state index contributed by atoms with van der Waals surface area (Å²) in [6, 6.07) is 16.6.